The summed E-state index contributed by atoms with van der Waals surface area (Å²) >= 11 is 6.10. The maximum absolute atomic E-state index is 12.8. The highest BCUT2D eigenvalue weighted by molar-refractivity contribution is 7.92. The van der Waals surface area contributed by atoms with E-state index in [0.29, 0.717) is 16.1 Å². The number of aryl methyl sites for hydroxylation is 1. The highest BCUT2D eigenvalue weighted by Gasteiger charge is 2.19. The van der Waals surface area contributed by atoms with Gasteiger partial charge >= 0.3 is 0 Å². The van der Waals surface area contributed by atoms with E-state index >= 15 is 0 Å². The van der Waals surface area contributed by atoms with Gasteiger partial charge in [0.05, 0.1) is 10.6 Å². The van der Waals surface area contributed by atoms with Gasteiger partial charge in [-0.1, -0.05) is 64.8 Å². The lowest BCUT2D eigenvalue weighted by Gasteiger charge is -2.14. The van der Waals surface area contributed by atoms with Crippen LogP contribution in [0.15, 0.2) is 82.8 Å². The number of rotatable bonds is 5. The van der Waals surface area contributed by atoms with Crippen molar-refractivity contribution in [2.24, 2.45) is 5.16 Å². The van der Waals surface area contributed by atoms with E-state index in [9.17, 15) is 13.6 Å². The quantitative estimate of drug-likeness (QED) is 0.371. The van der Waals surface area contributed by atoms with Crippen molar-refractivity contribution in [3.05, 3.63) is 94.5 Å². The number of nitrogens with zero attached hydrogens (tertiary/aromatic N) is 1. The van der Waals surface area contributed by atoms with E-state index in [0.717, 1.165) is 5.56 Å². The van der Waals surface area contributed by atoms with E-state index in [4.69, 9.17) is 11.6 Å². The molecular weight excluding hydrogens is 384 g/mol. The molecule has 0 fully saturated rings. The summed E-state index contributed by atoms with van der Waals surface area (Å²) in [7, 11) is -3.82. The Balaban J connectivity index is 2.06. The van der Waals surface area contributed by atoms with E-state index in [1.807, 2.05) is 13.0 Å². The number of hydrogen-bond acceptors (Lipinski definition) is 4. The molecule has 7 heteroatoms. The molecule has 5 nitrogen and oxygen atoms in total. The third-order valence-electron chi connectivity index (χ3n) is 3.96. The standard InChI is InChI=1S/C20H17ClN2O3S/c1-14-7-10-17(11-8-14)27(25,26)23-19-12-9-16(21)13-18(19)20(22-24)15-5-3-2-4-6-15/h2-13,23-24H,1H3/b22-20+. The lowest BCUT2D eigenvalue weighted by atomic mass is 10.0. The van der Waals surface area contributed by atoms with Gasteiger partial charge in [-0.2, -0.15) is 0 Å². The molecule has 0 unspecified atom stereocenters. The molecule has 0 aliphatic rings. The van der Waals surface area contributed by atoms with E-state index in [-0.39, 0.29) is 16.3 Å². The number of hydrogen-bond donors (Lipinski definition) is 2. The van der Waals surface area contributed by atoms with E-state index < -0.39 is 10.0 Å². The molecule has 3 aromatic carbocycles. The molecule has 0 aliphatic carbocycles. The van der Waals surface area contributed by atoms with Gasteiger partial charge in [0.2, 0.25) is 0 Å². The number of halogens is 1. The van der Waals surface area contributed by atoms with Gasteiger partial charge in [0.15, 0.2) is 0 Å². The van der Waals surface area contributed by atoms with Crippen molar-refractivity contribution in [1.82, 2.24) is 0 Å². The Bertz CT molecular complexity index is 1080. The van der Waals surface area contributed by atoms with E-state index in [1.165, 1.54) is 18.2 Å². The zero-order chi connectivity index (χ0) is 19.4. The van der Waals surface area contributed by atoms with Crippen molar-refractivity contribution < 1.29 is 13.6 Å². The number of anilines is 1. The van der Waals surface area contributed by atoms with Crippen molar-refractivity contribution in [3.63, 3.8) is 0 Å². The topological polar surface area (TPSA) is 78.8 Å². The first-order valence-corrected chi connectivity index (χ1v) is 9.94. The first kappa shape index (κ1) is 18.9. The highest BCUT2D eigenvalue weighted by atomic mass is 35.5. The zero-order valence-electron chi connectivity index (χ0n) is 14.4. The molecule has 3 rings (SSSR count). The van der Waals surface area contributed by atoms with Crippen LogP contribution < -0.4 is 4.72 Å². The van der Waals surface area contributed by atoms with Crippen LogP contribution >= 0.6 is 11.6 Å². The minimum Gasteiger partial charge on any atom is -0.410 e. The van der Waals surface area contributed by atoms with Crippen molar-refractivity contribution >= 4 is 33.0 Å². The fourth-order valence-electron chi connectivity index (χ4n) is 2.59. The third kappa shape index (κ3) is 4.30. The maximum Gasteiger partial charge on any atom is 0.261 e. The van der Waals surface area contributed by atoms with Gasteiger partial charge in [0.25, 0.3) is 10.0 Å². The number of sulfonamides is 1. The Morgan fingerprint density at radius 3 is 2.30 bits per heavy atom. The van der Waals surface area contributed by atoms with Gasteiger partial charge in [-0.3, -0.25) is 4.72 Å². The van der Waals surface area contributed by atoms with Gasteiger partial charge < -0.3 is 5.21 Å². The monoisotopic (exact) mass is 400 g/mol. The van der Waals surface area contributed by atoms with Crippen LogP contribution in [0.3, 0.4) is 0 Å². The summed E-state index contributed by atoms with van der Waals surface area (Å²) in [5.74, 6) is 0. The van der Waals surface area contributed by atoms with Crippen molar-refractivity contribution in [2.45, 2.75) is 11.8 Å². The van der Waals surface area contributed by atoms with Crippen LogP contribution in [0.1, 0.15) is 16.7 Å². The molecule has 0 amide bonds. The molecule has 0 bridgehead atoms. The molecule has 0 aromatic heterocycles. The summed E-state index contributed by atoms with van der Waals surface area (Å²) in [6, 6.07) is 20.1. The largest absolute Gasteiger partial charge is 0.410 e. The number of benzene rings is 3. The van der Waals surface area contributed by atoms with Crippen LogP contribution in [0, 0.1) is 6.92 Å². The molecule has 27 heavy (non-hydrogen) atoms. The molecule has 0 saturated carbocycles. The molecule has 138 valence electrons. The smallest absolute Gasteiger partial charge is 0.261 e. The first-order valence-electron chi connectivity index (χ1n) is 8.07. The molecule has 2 N–H and O–H groups in total. The predicted octanol–water partition coefficient (Wildman–Crippen LogP) is 4.68. The second-order valence-corrected chi connectivity index (χ2v) is 8.04. The Morgan fingerprint density at radius 1 is 1.00 bits per heavy atom. The molecule has 3 aromatic rings. The molecule has 0 spiro atoms. The SMILES string of the molecule is Cc1ccc(S(=O)(=O)Nc2ccc(Cl)cc2/C(=N/O)c2ccccc2)cc1. The van der Waals surface area contributed by atoms with Gasteiger partial charge in [0.1, 0.15) is 5.71 Å². The first-order chi connectivity index (χ1) is 12.9. The molecular formula is C20H17ClN2O3S. The summed E-state index contributed by atoms with van der Waals surface area (Å²) in [4.78, 5) is 0.135. The lowest BCUT2D eigenvalue weighted by Crippen LogP contribution is -2.16. The third-order valence-corrected chi connectivity index (χ3v) is 5.58. The van der Waals surface area contributed by atoms with Gasteiger partial charge in [-0.05, 0) is 37.3 Å². The van der Waals surface area contributed by atoms with E-state index in [2.05, 4.69) is 9.88 Å². The molecule has 0 radical (unpaired) electrons. The van der Waals surface area contributed by atoms with Crippen LogP contribution in [-0.2, 0) is 10.0 Å². The van der Waals surface area contributed by atoms with E-state index in [1.54, 1.807) is 48.5 Å². The summed E-state index contributed by atoms with van der Waals surface area (Å²) < 4.78 is 28.1. The maximum atomic E-state index is 12.8. The van der Waals surface area contributed by atoms with Crippen LogP contribution in [0.4, 0.5) is 5.69 Å². The number of nitrogens with one attached hydrogen (secondary N) is 1. The summed E-state index contributed by atoms with van der Waals surface area (Å²) in [5.41, 5.74) is 2.42. The zero-order valence-corrected chi connectivity index (χ0v) is 16.0. The second-order valence-electron chi connectivity index (χ2n) is 5.92. The van der Waals surface area contributed by atoms with Gasteiger partial charge in [-0.15, -0.1) is 0 Å². The average Bonchev–Trinajstić information content (AvgIpc) is 2.65. The average molecular weight is 401 g/mol. The van der Waals surface area contributed by atoms with Crippen LogP contribution in [0.2, 0.25) is 5.02 Å². The van der Waals surface area contributed by atoms with Crippen LogP contribution in [0.25, 0.3) is 0 Å². The summed E-state index contributed by atoms with van der Waals surface area (Å²) in [6.45, 7) is 1.88. The summed E-state index contributed by atoms with van der Waals surface area (Å²) in [6.07, 6.45) is 0. The van der Waals surface area contributed by atoms with Crippen LogP contribution in [-0.4, -0.2) is 19.3 Å². The predicted molar refractivity (Wildman–Crippen MR) is 107 cm³/mol. The van der Waals surface area contributed by atoms with Gasteiger partial charge in [0, 0.05) is 16.1 Å². The molecule has 0 saturated heterocycles. The normalized spacial score (nSPS) is 12.0. The molecule has 0 aliphatic heterocycles. The van der Waals surface area contributed by atoms with Crippen LogP contribution in [0.5, 0.6) is 0 Å². The Hall–Kier alpha value is -2.83. The number of oxime groups is 1. The van der Waals surface area contributed by atoms with Gasteiger partial charge in [-0.25, -0.2) is 8.42 Å². The fraction of sp³-hybridized carbons (Fsp3) is 0.0500. The van der Waals surface area contributed by atoms with Crippen molar-refractivity contribution in [1.29, 1.82) is 0 Å². The second kappa shape index (κ2) is 7.82. The minimum absolute atomic E-state index is 0.135. The van der Waals surface area contributed by atoms with Crippen molar-refractivity contribution in [3.8, 4) is 0 Å². The highest BCUT2D eigenvalue weighted by Crippen LogP contribution is 2.26. The Labute approximate surface area is 163 Å². The fourth-order valence-corrected chi connectivity index (χ4v) is 3.84. The summed E-state index contributed by atoms with van der Waals surface area (Å²) in [5, 5.41) is 13.3. The Kier molecular flexibility index (Phi) is 5.48. The molecule has 0 heterocycles. The molecule has 0 atom stereocenters. The lowest BCUT2D eigenvalue weighted by molar-refractivity contribution is 0.319. The minimum atomic E-state index is -3.82. The Morgan fingerprint density at radius 2 is 1.67 bits per heavy atom. The van der Waals surface area contributed by atoms with Crippen molar-refractivity contribution in [2.75, 3.05) is 4.72 Å².